The summed E-state index contributed by atoms with van der Waals surface area (Å²) in [7, 11) is -10.7. The van der Waals surface area contributed by atoms with Gasteiger partial charge in [-0.15, -0.1) is 0 Å². The molecule has 2 aromatic heterocycles. The molecule has 0 spiro atoms. The molecule has 0 aliphatic heterocycles. The molecule has 1 aromatic carbocycles. The molecule has 2 amide bonds. The van der Waals surface area contributed by atoms with Crippen LogP contribution in [0.4, 0.5) is 41.4 Å². The quantitative estimate of drug-likeness (QED) is 0.0528. The maximum atomic E-state index is 13.2. The zero-order chi connectivity index (χ0) is 43.0. The molecule has 4 aliphatic carbocycles. The number of carbonyl (C=O) groups is 2. The molecular weight excluding hydrogens is 795 g/mol. The van der Waals surface area contributed by atoms with Gasteiger partial charge in [-0.25, -0.2) is 14.4 Å². The zero-order valence-corrected chi connectivity index (χ0v) is 35.4. The number of urea groups is 1. The van der Waals surface area contributed by atoms with Crippen LogP contribution in [0.3, 0.4) is 0 Å². The number of benzene rings is 1. The van der Waals surface area contributed by atoms with Crippen LogP contribution in [-0.4, -0.2) is 18.1 Å². The number of rotatable bonds is 10. The molecular formula is C44H58F6N3O5P. The molecule has 3 fully saturated rings. The van der Waals surface area contributed by atoms with Gasteiger partial charge in [0.2, 0.25) is 6.54 Å². The Morgan fingerprint density at radius 1 is 0.915 bits per heavy atom. The van der Waals surface area contributed by atoms with E-state index in [0.29, 0.717) is 27.8 Å². The second kappa shape index (κ2) is 16.2. The fraction of sp³-hybridized carbons (Fsp3) is 0.591. The molecule has 0 radical (unpaired) electrons. The summed E-state index contributed by atoms with van der Waals surface area (Å²) in [6.45, 7) is 12.5. The Labute approximate surface area is 341 Å². The molecule has 2 heterocycles. The second-order valence-corrected chi connectivity index (χ2v) is 20.4. The Hall–Kier alpha value is -3.93. The van der Waals surface area contributed by atoms with Crippen molar-refractivity contribution in [1.29, 1.82) is 0 Å². The van der Waals surface area contributed by atoms with Gasteiger partial charge in [0.1, 0.15) is 17.4 Å². The monoisotopic (exact) mass is 853 g/mol. The number of allylic oxidation sites excluding steroid dienone is 1. The van der Waals surface area contributed by atoms with Crippen LogP contribution in [-0.2, 0) is 16.1 Å². The molecule has 3 aromatic rings. The number of ether oxygens (including phenoxy) is 1. The molecule has 8 nitrogen and oxygen atoms in total. The number of amides is 2. The van der Waals surface area contributed by atoms with Gasteiger partial charge in [0.25, 0.3) is 0 Å². The van der Waals surface area contributed by atoms with Crippen molar-refractivity contribution >= 4 is 42.2 Å². The maximum absolute atomic E-state index is 13.2. The molecule has 7 rings (SSSR count). The minimum atomic E-state index is -10.7. The van der Waals surface area contributed by atoms with Crippen LogP contribution in [0, 0.1) is 46.3 Å². The SMILES string of the molecule is CC(C)CCC[C@@H](C)[C@H]1CC[C@H]2[C@@H]3CC=C4C[C@@H](OC(=O)C[n+]5cccc(NC(=O)Nc6ccc7oc(=O)ccc7c6)c5)CC[C@]4(C)[C@H]3CC[C@]12C.F[P-](F)(F)(F)(F)F. The van der Waals surface area contributed by atoms with Crippen LogP contribution < -0.4 is 20.8 Å². The summed E-state index contributed by atoms with van der Waals surface area (Å²) in [5.41, 5.74) is 3.37. The number of hydrogen-bond acceptors (Lipinski definition) is 5. The number of nitrogens with zero attached hydrogens (tertiary/aromatic N) is 1. The first-order valence-electron chi connectivity index (χ1n) is 20.9. The first-order valence-corrected chi connectivity index (χ1v) is 23.0. The van der Waals surface area contributed by atoms with Gasteiger partial charge in [-0.1, -0.05) is 65.5 Å². The minimum absolute atomic E-state index is 0.0713. The summed E-state index contributed by atoms with van der Waals surface area (Å²) in [4.78, 5) is 37.4. The standard InChI is InChI=1S/C44H57N3O5.F6P/c1-28(2)8-6-9-29(3)36-15-16-37-35-14-12-31-25-34(19-21-43(31,4)38(35)20-22-44(36,37)5)51-41(49)27-47-23-7-10-33(26-47)46-42(50)45-32-13-17-39-30(24-32)11-18-40(48)52-39;1-7(2,3,4,5)6/h7,10-13,17-18,23-24,26,28-29,34-38H,6,8-9,14-16,19-22,25,27H2,1-5H3,(H-,45,46,50);/q;-1/p+1/t29-,34+,35+,36-,37+,38+,43+,44-;/m1./s1. The third-order valence-electron chi connectivity index (χ3n) is 13.9. The average Bonchev–Trinajstić information content (AvgIpc) is 3.48. The molecule has 326 valence electrons. The number of fused-ring (bicyclic) bond motifs is 6. The molecule has 8 atom stereocenters. The third kappa shape index (κ3) is 11.7. The fourth-order valence-corrected chi connectivity index (χ4v) is 11.3. The molecule has 15 heteroatoms. The number of hydrogen-bond donors (Lipinski definition) is 2. The van der Waals surface area contributed by atoms with E-state index in [-0.39, 0.29) is 24.0 Å². The Morgan fingerprint density at radius 2 is 1.64 bits per heavy atom. The van der Waals surface area contributed by atoms with E-state index in [4.69, 9.17) is 9.15 Å². The van der Waals surface area contributed by atoms with Crippen LogP contribution in [0.15, 0.2) is 75.7 Å². The number of aromatic nitrogens is 1. The number of carbonyl (C=O) groups excluding carboxylic acids is 2. The Morgan fingerprint density at radius 3 is 2.37 bits per heavy atom. The van der Waals surface area contributed by atoms with Crippen molar-refractivity contribution in [2.45, 2.75) is 118 Å². The number of halogens is 6. The summed E-state index contributed by atoms with van der Waals surface area (Å²) in [6, 6.07) is 11.2. The van der Waals surface area contributed by atoms with Crippen LogP contribution >= 0.6 is 7.81 Å². The fourth-order valence-electron chi connectivity index (χ4n) is 11.3. The van der Waals surface area contributed by atoms with Crippen LogP contribution in [0.2, 0.25) is 0 Å². The molecule has 0 bridgehead atoms. The topological polar surface area (TPSA) is 102 Å². The first kappa shape index (κ1) is 44.6. The summed E-state index contributed by atoms with van der Waals surface area (Å²) in [5.74, 6) is 4.60. The summed E-state index contributed by atoms with van der Waals surface area (Å²) >= 11 is 0. The Bertz CT molecular complexity index is 2120. The van der Waals surface area contributed by atoms with Crippen molar-refractivity contribution in [1.82, 2.24) is 0 Å². The second-order valence-electron chi connectivity index (χ2n) is 18.5. The zero-order valence-electron chi connectivity index (χ0n) is 34.5. The van der Waals surface area contributed by atoms with Crippen molar-refractivity contribution in [2.24, 2.45) is 46.3 Å². The number of pyridine rings is 1. The summed E-state index contributed by atoms with van der Waals surface area (Å²) < 4.78 is 72.2. The van der Waals surface area contributed by atoms with Crippen molar-refractivity contribution in [3.05, 3.63) is 76.9 Å². The van der Waals surface area contributed by atoms with Gasteiger partial charge < -0.3 is 19.8 Å². The van der Waals surface area contributed by atoms with E-state index in [0.717, 1.165) is 54.8 Å². The van der Waals surface area contributed by atoms with E-state index in [2.05, 4.69) is 51.3 Å². The average molecular weight is 854 g/mol. The third-order valence-corrected chi connectivity index (χ3v) is 13.9. The number of nitrogens with one attached hydrogen (secondary N) is 2. The normalized spacial score (nSPS) is 29.3. The van der Waals surface area contributed by atoms with E-state index in [9.17, 15) is 39.6 Å². The number of anilines is 2. The summed E-state index contributed by atoms with van der Waals surface area (Å²) in [6.07, 6.45) is 19.7. The first-order chi connectivity index (χ1) is 27.4. The van der Waals surface area contributed by atoms with Crippen molar-refractivity contribution in [2.75, 3.05) is 10.6 Å². The van der Waals surface area contributed by atoms with Crippen LogP contribution in [0.1, 0.15) is 105 Å². The van der Waals surface area contributed by atoms with Crippen LogP contribution in [0.25, 0.3) is 11.0 Å². The van der Waals surface area contributed by atoms with E-state index in [1.54, 1.807) is 53.4 Å². The Kier molecular flexibility index (Phi) is 12.2. The van der Waals surface area contributed by atoms with Crippen molar-refractivity contribution in [3.8, 4) is 0 Å². The molecule has 3 saturated carbocycles. The molecule has 0 unspecified atom stereocenters. The van der Waals surface area contributed by atoms with Gasteiger partial charge in [0, 0.05) is 29.6 Å². The van der Waals surface area contributed by atoms with Gasteiger partial charge in [0.05, 0.1) is 0 Å². The van der Waals surface area contributed by atoms with Gasteiger partial charge in [-0.3, -0.25) is 0 Å². The van der Waals surface area contributed by atoms with Crippen molar-refractivity contribution in [3.63, 3.8) is 0 Å². The van der Waals surface area contributed by atoms with Gasteiger partial charge in [0.15, 0.2) is 12.4 Å². The number of esters is 1. The van der Waals surface area contributed by atoms with E-state index in [1.807, 2.05) is 0 Å². The van der Waals surface area contributed by atoms with Crippen LogP contribution in [0.5, 0.6) is 0 Å². The molecule has 2 N–H and O–H groups in total. The molecule has 4 aliphatic rings. The van der Waals surface area contributed by atoms with Gasteiger partial charge >= 0.3 is 50.6 Å². The van der Waals surface area contributed by atoms with E-state index >= 15 is 0 Å². The van der Waals surface area contributed by atoms with Gasteiger partial charge in [-0.05, 0) is 122 Å². The predicted octanol–water partition coefficient (Wildman–Crippen LogP) is 13.1. The van der Waals surface area contributed by atoms with Gasteiger partial charge in [-0.2, -0.15) is 4.57 Å². The molecule has 59 heavy (non-hydrogen) atoms. The summed E-state index contributed by atoms with van der Waals surface area (Å²) in [5, 5.41) is 6.34. The predicted molar refractivity (Wildman–Crippen MR) is 218 cm³/mol. The van der Waals surface area contributed by atoms with E-state index < -0.39 is 19.5 Å². The molecule has 0 saturated heterocycles. The Balaban J connectivity index is 0.000000768. The van der Waals surface area contributed by atoms with E-state index in [1.165, 1.54) is 63.0 Å². The van der Waals surface area contributed by atoms with Crippen molar-refractivity contribution < 1.29 is 48.5 Å².